The summed E-state index contributed by atoms with van der Waals surface area (Å²) in [6.45, 7) is -3.55. The van der Waals surface area contributed by atoms with Gasteiger partial charge < -0.3 is 4.74 Å². The van der Waals surface area contributed by atoms with E-state index >= 15 is 0 Å². The number of ether oxygens (including phenoxy) is 4. The van der Waals surface area contributed by atoms with Crippen molar-refractivity contribution < 1.29 is 120 Å². The summed E-state index contributed by atoms with van der Waals surface area (Å²) in [5.41, 5.74) is 0. The van der Waals surface area contributed by atoms with Gasteiger partial charge in [0, 0.05) is 6.61 Å². The molecule has 248 valence electrons. The lowest BCUT2D eigenvalue weighted by molar-refractivity contribution is -0.580. The summed E-state index contributed by atoms with van der Waals surface area (Å²) in [5.74, 6) is -31.6. The highest BCUT2D eigenvalue weighted by molar-refractivity contribution is 4.97. The van der Waals surface area contributed by atoms with E-state index in [4.69, 9.17) is 0 Å². The van der Waals surface area contributed by atoms with Crippen molar-refractivity contribution in [3.8, 4) is 0 Å². The highest BCUT2D eigenvalue weighted by Crippen LogP contribution is 2.59. The van der Waals surface area contributed by atoms with Gasteiger partial charge in [-0.2, -0.15) is 101 Å². The average Bonchev–Trinajstić information content (AvgIpc) is 2.67. The summed E-state index contributed by atoms with van der Waals surface area (Å²) in [7, 11) is 0. The third kappa shape index (κ3) is 7.07. The van der Waals surface area contributed by atoms with E-state index in [-0.39, 0.29) is 0 Å². The SMILES string of the molecule is CCOCC(F)(OC(F)(F)C(F)(OC(F)(F)C(F)(OC(F)(F)C(F)(F)C(F)(F)F)C(F)(F)F)C(F)(F)F)C(F)(F)F. The first-order valence-corrected chi connectivity index (χ1v) is 8.96. The average molecular weight is 676 g/mol. The molecule has 0 aliphatic heterocycles. The number of alkyl halides is 23. The van der Waals surface area contributed by atoms with Gasteiger partial charge in [0.15, 0.2) is 0 Å². The fourth-order valence-electron chi connectivity index (χ4n) is 1.88. The fraction of sp³-hybridized carbons (Fsp3) is 1.00. The normalized spacial score (nSPS) is 19.9. The van der Waals surface area contributed by atoms with Crippen LogP contribution in [-0.2, 0) is 18.9 Å². The Kier molecular flexibility index (Phi) is 10.3. The van der Waals surface area contributed by atoms with Gasteiger partial charge in [0.05, 0.1) is 0 Å². The summed E-state index contributed by atoms with van der Waals surface area (Å²) >= 11 is 0. The van der Waals surface area contributed by atoms with Crippen LogP contribution in [0.4, 0.5) is 101 Å². The molecule has 0 saturated carbocycles. The van der Waals surface area contributed by atoms with Crippen LogP contribution in [0, 0.1) is 0 Å². The van der Waals surface area contributed by atoms with Crippen molar-refractivity contribution >= 4 is 0 Å². The van der Waals surface area contributed by atoms with Gasteiger partial charge in [-0.3, -0.25) is 14.2 Å². The first-order valence-electron chi connectivity index (χ1n) is 8.96. The third-order valence-corrected chi connectivity index (χ3v) is 3.94. The molecule has 0 bridgehead atoms. The van der Waals surface area contributed by atoms with E-state index in [1.807, 2.05) is 4.74 Å². The number of hydrogen-bond donors (Lipinski definition) is 0. The molecular formula is C14H7F23O4. The molecular weight excluding hydrogens is 669 g/mol. The van der Waals surface area contributed by atoms with Crippen LogP contribution in [0.1, 0.15) is 6.92 Å². The molecule has 0 N–H and O–H groups in total. The molecule has 4 nitrogen and oxygen atoms in total. The maximum absolute atomic E-state index is 14.2. The largest absolute Gasteiger partial charge is 0.462 e. The number of rotatable bonds is 12. The Morgan fingerprint density at radius 1 is 0.390 bits per heavy atom. The van der Waals surface area contributed by atoms with Crippen molar-refractivity contribution in [1.29, 1.82) is 0 Å². The van der Waals surface area contributed by atoms with E-state index in [0.29, 0.717) is 6.92 Å². The third-order valence-electron chi connectivity index (χ3n) is 3.94. The Bertz CT molecular complexity index is 889. The molecule has 0 aromatic rings. The van der Waals surface area contributed by atoms with Crippen LogP contribution in [0.2, 0.25) is 0 Å². The van der Waals surface area contributed by atoms with E-state index in [0.717, 1.165) is 4.74 Å². The second kappa shape index (κ2) is 10.7. The van der Waals surface area contributed by atoms with E-state index in [9.17, 15) is 101 Å². The van der Waals surface area contributed by atoms with Crippen LogP contribution in [0.3, 0.4) is 0 Å². The Balaban J connectivity index is 7.17. The fourth-order valence-corrected chi connectivity index (χ4v) is 1.88. The van der Waals surface area contributed by atoms with E-state index in [2.05, 4.69) is 4.74 Å². The predicted molar refractivity (Wildman–Crippen MR) is 75.3 cm³/mol. The molecule has 0 heterocycles. The van der Waals surface area contributed by atoms with Crippen molar-refractivity contribution in [1.82, 2.24) is 0 Å². The van der Waals surface area contributed by atoms with Crippen LogP contribution in [0.25, 0.3) is 0 Å². The molecule has 0 aromatic carbocycles. The lowest BCUT2D eigenvalue weighted by atomic mass is 10.2. The Hall–Kier alpha value is -1.77. The standard InChI is InChI=1S/C14H7F23O4/c1-2-38-3-4(15,8(20,21)22)39-13(34,35)6(18,10(26,27)28)41-14(36,37)7(19,11(29,30)31)40-12(32,33)5(16,17)9(23,24)25/h2-3H2,1H3. The zero-order chi connectivity index (χ0) is 33.7. The van der Waals surface area contributed by atoms with Gasteiger partial charge in [0.2, 0.25) is 0 Å². The van der Waals surface area contributed by atoms with Gasteiger partial charge in [-0.15, -0.1) is 0 Å². The zero-order valence-corrected chi connectivity index (χ0v) is 18.2. The Labute approximate surface area is 208 Å². The summed E-state index contributed by atoms with van der Waals surface area (Å²) < 4.78 is 308. The number of halogens is 23. The smallest absolute Gasteiger partial charge is 0.375 e. The van der Waals surface area contributed by atoms with Gasteiger partial charge in [-0.1, -0.05) is 0 Å². The second-order valence-electron chi connectivity index (χ2n) is 6.98. The molecule has 0 rings (SSSR count). The Morgan fingerprint density at radius 2 is 0.707 bits per heavy atom. The highest BCUT2D eigenvalue weighted by Gasteiger charge is 2.88. The van der Waals surface area contributed by atoms with Crippen molar-refractivity contribution in [2.75, 3.05) is 13.2 Å². The molecule has 0 spiro atoms. The molecule has 0 aliphatic rings. The molecule has 0 saturated heterocycles. The quantitative estimate of drug-likeness (QED) is 0.199. The van der Waals surface area contributed by atoms with Crippen molar-refractivity contribution in [2.24, 2.45) is 0 Å². The summed E-state index contributed by atoms with van der Waals surface area (Å²) in [6, 6.07) is 0. The summed E-state index contributed by atoms with van der Waals surface area (Å²) in [4.78, 5) is 0. The molecule has 3 unspecified atom stereocenters. The van der Waals surface area contributed by atoms with Gasteiger partial charge >= 0.3 is 66.5 Å². The van der Waals surface area contributed by atoms with E-state index in [1.54, 1.807) is 0 Å². The van der Waals surface area contributed by atoms with Gasteiger partial charge in [-0.05, 0) is 6.92 Å². The molecule has 0 aromatic heterocycles. The van der Waals surface area contributed by atoms with Crippen LogP contribution >= 0.6 is 0 Å². The van der Waals surface area contributed by atoms with E-state index < -0.39 is 79.7 Å². The van der Waals surface area contributed by atoms with Gasteiger partial charge in [0.25, 0.3) is 0 Å². The highest BCUT2D eigenvalue weighted by atomic mass is 19.4. The first kappa shape index (κ1) is 39.2. The molecule has 0 radical (unpaired) electrons. The van der Waals surface area contributed by atoms with Crippen LogP contribution in [-0.4, -0.2) is 79.7 Å². The number of hydrogen-bond acceptors (Lipinski definition) is 4. The molecule has 3 atom stereocenters. The maximum atomic E-state index is 14.2. The summed E-state index contributed by atoms with van der Waals surface area (Å²) in [6.07, 6.45) is -56.5. The van der Waals surface area contributed by atoms with Crippen molar-refractivity contribution in [3.05, 3.63) is 0 Å². The minimum absolute atomic E-state index is 0.629. The Morgan fingerprint density at radius 3 is 0.976 bits per heavy atom. The van der Waals surface area contributed by atoms with E-state index in [1.165, 1.54) is 4.74 Å². The summed E-state index contributed by atoms with van der Waals surface area (Å²) in [5, 5.41) is 0. The first-order chi connectivity index (χ1) is 17.4. The minimum Gasteiger partial charge on any atom is -0.375 e. The molecule has 27 heteroatoms. The van der Waals surface area contributed by atoms with Crippen LogP contribution < -0.4 is 0 Å². The topological polar surface area (TPSA) is 36.9 Å². The predicted octanol–water partition coefficient (Wildman–Crippen LogP) is 7.73. The molecule has 0 fully saturated rings. The second-order valence-corrected chi connectivity index (χ2v) is 6.98. The molecule has 0 aliphatic carbocycles. The monoisotopic (exact) mass is 676 g/mol. The van der Waals surface area contributed by atoms with Gasteiger partial charge in [-0.25, -0.2) is 0 Å². The molecule has 0 amide bonds. The zero-order valence-electron chi connectivity index (χ0n) is 18.2. The molecule has 41 heavy (non-hydrogen) atoms. The van der Waals surface area contributed by atoms with Crippen LogP contribution in [0.15, 0.2) is 0 Å². The van der Waals surface area contributed by atoms with Crippen molar-refractivity contribution in [3.63, 3.8) is 0 Å². The maximum Gasteiger partial charge on any atom is 0.462 e. The van der Waals surface area contributed by atoms with Crippen molar-refractivity contribution in [2.45, 2.75) is 73.4 Å². The van der Waals surface area contributed by atoms with Crippen LogP contribution in [0.5, 0.6) is 0 Å². The lowest BCUT2D eigenvalue weighted by Gasteiger charge is -2.42. The lowest BCUT2D eigenvalue weighted by Crippen LogP contribution is -2.70. The van der Waals surface area contributed by atoms with Gasteiger partial charge in [0.1, 0.15) is 6.61 Å². The minimum atomic E-state index is -8.65.